The Hall–Kier alpha value is -3.00. The Morgan fingerprint density at radius 2 is 1.97 bits per heavy atom. The maximum atomic E-state index is 12.5. The van der Waals surface area contributed by atoms with E-state index in [1.54, 1.807) is 23.2 Å². The van der Waals surface area contributed by atoms with E-state index >= 15 is 0 Å². The minimum Gasteiger partial charge on any atom is -0.459 e. The number of carbonyl (C=O) groups is 2. The summed E-state index contributed by atoms with van der Waals surface area (Å²) in [6.07, 6.45) is 2.53. The van der Waals surface area contributed by atoms with Gasteiger partial charge in [0.2, 0.25) is 5.91 Å². The number of fused-ring (bicyclic) bond motifs is 1. The number of amides is 1. The van der Waals surface area contributed by atoms with Crippen LogP contribution >= 0.6 is 15.9 Å². The highest BCUT2D eigenvalue weighted by Gasteiger charge is 2.35. The van der Waals surface area contributed by atoms with Crippen LogP contribution in [0.1, 0.15) is 17.7 Å². The fourth-order valence-electron chi connectivity index (χ4n) is 3.52. The smallest absolute Gasteiger partial charge is 0.311 e. The molecule has 3 heterocycles. The van der Waals surface area contributed by atoms with Gasteiger partial charge >= 0.3 is 5.97 Å². The van der Waals surface area contributed by atoms with Gasteiger partial charge in [-0.25, -0.2) is 4.98 Å². The average molecular weight is 470 g/mol. The summed E-state index contributed by atoms with van der Waals surface area (Å²) in [6, 6.07) is 14.8. The molecule has 0 radical (unpaired) electrons. The Balaban J connectivity index is 1.34. The number of ether oxygens (including phenoxy) is 1. The maximum absolute atomic E-state index is 12.5. The number of hydrogen-bond donors (Lipinski definition) is 0. The molecule has 8 heteroatoms. The van der Waals surface area contributed by atoms with E-state index in [-0.39, 0.29) is 24.5 Å². The number of hydrogen-bond acceptors (Lipinski definition) is 5. The van der Waals surface area contributed by atoms with Gasteiger partial charge in [-0.1, -0.05) is 30.3 Å². The van der Waals surface area contributed by atoms with Crippen LogP contribution in [0.15, 0.2) is 64.0 Å². The quantitative estimate of drug-likeness (QED) is 0.518. The molecule has 1 saturated heterocycles. The van der Waals surface area contributed by atoms with E-state index in [2.05, 4.69) is 20.9 Å². The third kappa shape index (κ3) is 4.59. The Morgan fingerprint density at radius 3 is 2.77 bits per heavy atom. The molecule has 1 amide bonds. The van der Waals surface area contributed by atoms with Crippen molar-refractivity contribution in [3.63, 3.8) is 0 Å². The van der Waals surface area contributed by atoms with E-state index in [9.17, 15) is 14.4 Å². The molecule has 4 rings (SSSR count). The second-order valence-electron chi connectivity index (χ2n) is 7.25. The van der Waals surface area contributed by atoms with Crippen LogP contribution in [0.4, 0.5) is 0 Å². The summed E-state index contributed by atoms with van der Waals surface area (Å²) in [6.45, 7) is 0.826. The molecular formula is C22H20BrN3O4. The zero-order valence-corrected chi connectivity index (χ0v) is 17.7. The van der Waals surface area contributed by atoms with Gasteiger partial charge in [0.15, 0.2) is 0 Å². The predicted molar refractivity (Wildman–Crippen MR) is 114 cm³/mol. The number of carbonyl (C=O) groups excluding carboxylic acids is 2. The summed E-state index contributed by atoms with van der Waals surface area (Å²) >= 11 is 3.32. The van der Waals surface area contributed by atoms with Crippen molar-refractivity contribution in [2.45, 2.75) is 19.4 Å². The summed E-state index contributed by atoms with van der Waals surface area (Å²) in [5.74, 6) is -0.977. The zero-order chi connectivity index (χ0) is 21.1. The van der Waals surface area contributed by atoms with E-state index in [1.807, 2.05) is 30.3 Å². The van der Waals surface area contributed by atoms with Gasteiger partial charge < -0.3 is 9.64 Å². The third-order valence-electron chi connectivity index (χ3n) is 5.10. The molecule has 7 nitrogen and oxygen atoms in total. The molecule has 0 N–H and O–H groups in total. The highest BCUT2D eigenvalue weighted by Crippen LogP contribution is 2.20. The van der Waals surface area contributed by atoms with E-state index < -0.39 is 11.9 Å². The summed E-state index contributed by atoms with van der Waals surface area (Å²) in [5, 5.41) is 0. The number of esters is 1. The average Bonchev–Trinajstić information content (AvgIpc) is 3.12. The van der Waals surface area contributed by atoms with Crippen LogP contribution < -0.4 is 5.56 Å². The van der Waals surface area contributed by atoms with Crippen molar-refractivity contribution in [1.82, 2.24) is 14.3 Å². The molecule has 0 spiro atoms. The fourth-order valence-corrected chi connectivity index (χ4v) is 3.85. The molecule has 1 aromatic carbocycles. The van der Waals surface area contributed by atoms with Gasteiger partial charge in [0, 0.05) is 36.2 Å². The maximum Gasteiger partial charge on any atom is 0.311 e. The van der Waals surface area contributed by atoms with Crippen molar-refractivity contribution in [3.05, 3.63) is 80.8 Å². The SMILES string of the molecule is O=C(OCc1cc(=O)n2cc(Br)ccc2n1)C1CC(=O)N(CCc2ccccc2)C1. The van der Waals surface area contributed by atoms with Gasteiger partial charge in [-0.3, -0.25) is 18.8 Å². The highest BCUT2D eigenvalue weighted by atomic mass is 79.9. The molecule has 1 atom stereocenters. The molecule has 3 aromatic rings. The fraction of sp³-hybridized carbons (Fsp3) is 0.273. The predicted octanol–water partition coefficient (Wildman–Crippen LogP) is 2.59. The Labute approximate surface area is 181 Å². The van der Waals surface area contributed by atoms with Crippen molar-refractivity contribution in [2.24, 2.45) is 5.92 Å². The first-order chi connectivity index (χ1) is 14.5. The van der Waals surface area contributed by atoms with Crippen molar-refractivity contribution in [3.8, 4) is 0 Å². The number of benzene rings is 1. The number of halogens is 1. The van der Waals surface area contributed by atoms with E-state index in [4.69, 9.17) is 4.74 Å². The molecule has 0 bridgehead atoms. The molecule has 1 aliphatic rings. The lowest BCUT2D eigenvalue weighted by atomic mass is 10.1. The lowest BCUT2D eigenvalue weighted by Crippen LogP contribution is -2.29. The Morgan fingerprint density at radius 1 is 1.17 bits per heavy atom. The highest BCUT2D eigenvalue weighted by molar-refractivity contribution is 9.10. The molecule has 1 fully saturated rings. The van der Waals surface area contributed by atoms with Gasteiger partial charge in [0.25, 0.3) is 5.56 Å². The second-order valence-corrected chi connectivity index (χ2v) is 8.16. The molecule has 2 aromatic heterocycles. The number of aromatic nitrogens is 2. The summed E-state index contributed by atoms with van der Waals surface area (Å²) in [5.41, 5.74) is 1.74. The molecule has 1 aliphatic heterocycles. The second kappa shape index (κ2) is 8.79. The summed E-state index contributed by atoms with van der Waals surface area (Å²) < 4.78 is 7.54. The number of nitrogens with zero attached hydrogens (tertiary/aromatic N) is 3. The molecule has 1 unspecified atom stereocenters. The summed E-state index contributed by atoms with van der Waals surface area (Å²) in [4.78, 5) is 43.0. The van der Waals surface area contributed by atoms with Crippen LogP contribution in [0, 0.1) is 5.92 Å². The Kier molecular flexibility index (Phi) is 5.94. The molecule has 30 heavy (non-hydrogen) atoms. The van der Waals surface area contributed by atoms with Crippen molar-refractivity contribution in [1.29, 1.82) is 0 Å². The monoisotopic (exact) mass is 469 g/mol. The van der Waals surface area contributed by atoms with Gasteiger partial charge in [-0.2, -0.15) is 0 Å². The minimum absolute atomic E-state index is 0.0412. The van der Waals surface area contributed by atoms with E-state index in [0.717, 1.165) is 16.5 Å². The molecular weight excluding hydrogens is 450 g/mol. The minimum atomic E-state index is -0.495. The normalized spacial score (nSPS) is 16.2. The number of rotatable bonds is 6. The largest absolute Gasteiger partial charge is 0.459 e. The first kappa shape index (κ1) is 20.3. The Bertz CT molecular complexity index is 1150. The standard InChI is InChI=1S/C22H20BrN3O4/c23-17-6-7-19-24-18(11-21(28)26(19)13-17)14-30-22(29)16-10-20(27)25(12-16)9-8-15-4-2-1-3-5-15/h1-7,11,13,16H,8-10,12,14H2. The lowest BCUT2D eigenvalue weighted by molar-refractivity contribution is -0.149. The van der Waals surface area contributed by atoms with Crippen molar-refractivity contribution >= 4 is 33.5 Å². The number of pyridine rings is 1. The van der Waals surface area contributed by atoms with Crippen LogP contribution in [0.2, 0.25) is 0 Å². The van der Waals surface area contributed by atoms with Gasteiger partial charge in [-0.15, -0.1) is 0 Å². The van der Waals surface area contributed by atoms with Crippen LogP contribution in [0.3, 0.4) is 0 Å². The lowest BCUT2D eigenvalue weighted by Gasteiger charge is -2.16. The molecule has 154 valence electrons. The van der Waals surface area contributed by atoms with Gasteiger partial charge in [0.05, 0.1) is 11.6 Å². The van der Waals surface area contributed by atoms with Gasteiger partial charge in [0.1, 0.15) is 12.3 Å². The molecule has 0 saturated carbocycles. The van der Waals surface area contributed by atoms with Crippen molar-refractivity contribution < 1.29 is 14.3 Å². The summed E-state index contributed by atoms with van der Waals surface area (Å²) in [7, 11) is 0. The van der Waals surface area contributed by atoms with E-state index in [0.29, 0.717) is 24.4 Å². The van der Waals surface area contributed by atoms with Crippen LogP contribution in [-0.2, 0) is 27.4 Å². The van der Waals surface area contributed by atoms with Crippen molar-refractivity contribution in [2.75, 3.05) is 13.1 Å². The van der Waals surface area contributed by atoms with Crippen LogP contribution in [0.25, 0.3) is 5.65 Å². The van der Waals surface area contributed by atoms with E-state index in [1.165, 1.54) is 10.5 Å². The molecule has 0 aliphatic carbocycles. The van der Waals surface area contributed by atoms with Gasteiger partial charge in [-0.05, 0) is 40.0 Å². The topological polar surface area (TPSA) is 81.0 Å². The van der Waals surface area contributed by atoms with Crippen LogP contribution in [0.5, 0.6) is 0 Å². The zero-order valence-electron chi connectivity index (χ0n) is 16.2. The first-order valence-corrected chi connectivity index (χ1v) is 10.4. The third-order valence-corrected chi connectivity index (χ3v) is 5.57. The van der Waals surface area contributed by atoms with Crippen LogP contribution in [-0.4, -0.2) is 39.3 Å². The number of likely N-dealkylation sites (tertiary alicyclic amines) is 1. The first-order valence-electron chi connectivity index (χ1n) is 9.66.